The highest BCUT2D eigenvalue weighted by Gasteiger charge is 2.28. The fraction of sp³-hybridized carbons (Fsp3) is 0.500. The molecule has 1 heterocycles. The Kier molecular flexibility index (Phi) is 4.15. The maximum absolute atomic E-state index is 10.8. The summed E-state index contributed by atoms with van der Waals surface area (Å²) in [6, 6.07) is 10.8. The highest BCUT2D eigenvalue weighted by molar-refractivity contribution is 5.48. The number of piperidine rings is 1. The molecule has 17 heavy (non-hydrogen) atoms. The van der Waals surface area contributed by atoms with Crippen LogP contribution >= 0.6 is 0 Å². The first-order valence-electron chi connectivity index (χ1n) is 6.28. The summed E-state index contributed by atoms with van der Waals surface area (Å²) in [6.45, 7) is 1.12. The Hall–Kier alpha value is -1.35. The van der Waals surface area contributed by atoms with E-state index in [9.17, 15) is 4.79 Å². The van der Waals surface area contributed by atoms with Gasteiger partial charge in [-0.15, -0.1) is 0 Å². The van der Waals surface area contributed by atoms with Crippen molar-refractivity contribution in [2.24, 2.45) is 0 Å². The molecule has 2 unspecified atom stereocenters. The molecule has 0 spiro atoms. The van der Waals surface area contributed by atoms with Gasteiger partial charge in [0.05, 0.1) is 6.04 Å². The van der Waals surface area contributed by atoms with Crippen LogP contribution in [0.3, 0.4) is 0 Å². The lowest BCUT2D eigenvalue weighted by molar-refractivity contribution is -0.110. The minimum atomic E-state index is 0.110. The van der Waals surface area contributed by atoms with Gasteiger partial charge in [0.1, 0.15) is 0 Å². The van der Waals surface area contributed by atoms with Crippen molar-refractivity contribution in [2.45, 2.75) is 31.3 Å². The Morgan fingerprint density at radius 1 is 1.35 bits per heavy atom. The van der Waals surface area contributed by atoms with Gasteiger partial charge in [0.25, 0.3) is 0 Å². The molecule has 2 rings (SSSR count). The van der Waals surface area contributed by atoms with Crippen molar-refractivity contribution in [3.63, 3.8) is 0 Å². The quantitative estimate of drug-likeness (QED) is 0.805. The van der Waals surface area contributed by atoms with Crippen molar-refractivity contribution in [3.05, 3.63) is 35.9 Å². The van der Waals surface area contributed by atoms with Crippen LogP contribution < -0.4 is 5.32 Å². The Bertz CT molecular complexity index is 352. The van der Waals surface area contributed by atoms with Gasteiger partial charge in [-0.3, -0.25) is 4.79 Å². The summed E-state index contributed by atoms with van der Waals surface area (Å²) in [4.78, 5) is 13.2. The second-order valence-electron chi connectivity index (χ2n) is 4.72. The average molecular weight is 232 g/mol. The Balaban J connectivity index is 2.19. The summed E-state index contributed by atoms with van der Waals surface area (Å²) >= 11 is 0. The molecule has 0 aromatic heterocycles. The zero-order valence-corrected chi connectivity index (χ0v) is 10.3. The molecule has 1 saturated heterocycles. The maximum Gasteiger partial charge on any atom is 0.207 e. The highest BCUT2D eigenvalue weighted by atomic mass is 16.1. The van der Waals surface area contributed by atoms with E-state index in [2.05, 4.69) is 29.4 Å². The Morgan fingerprint density at radius 2 is 2.12 bits per heavy atom. The van der Waals surface area contributed by atoms with Crippen LogP contribution in [0.25, 0.3) is 0 Å². The van der Waals surface area contributed by atoms with Crippen molar-refractivity contribution in [3.8, 4) is 0 Å². The molecule has 92 valence electrons. The van der Waals surface area contributed by atoms with Gasteiger partial charge in [0.15, 0.2) is 0 Å². The van der Waals surface area contributed by atoms with E-state index in [1.54, 1.807) is 0 Å². The first kappa shape index (κ1) is 12.1. The SMILES string of the molecule is CN1CCCCC1C(NC=O)c1ccccc1. The smallest absolute Gasteiger partial charge is 0.207 e. The van der Waals surface area contributed by atoms with Crippen molar-refractivity contribution in [1.82, 2.24) is 10.2 Å². The topological polar surface area (TPSA) is 32.3 Å². The number of hydrogen-bond donors (Lipinski definition) is 1. The lowest BCUT2D eigenvalue weighted by atomic mass is 9.91. The molecule has 1 aromatic rings. The molecule has 1 aliphatic heterocycles. The zero-order chi connectivity index (χ0) is 12.1. The molecule has 3 heteroatoms. The summed E-state index contributed by atoms with van der Waals surface area (Å²) < 4.78 is 0. The summed E-state index contributed by atoms with van der Waals surface area (Å²) in [6.07, 6.45) is 4.48. The van der Waals surface area contributed by atoms with Gasteiger partial charge in [0.2, 0.25) is 6.41 Å². The lowest BCUT2D eigenvalue weighted by Crippen LogP contribution is -2.45. The molecule has 1 amide bonds. The number of likely N-dealkylation sites (tertiary alicyclic amines) is 1. The molecule has 1 aromatic carbocycles. The zero-order valence-electron chi connectivity index (χ0n) is 10.3. The Labute approximate surface area is 103 Å². The largest absolute Gasteiger partial charge is 0.350 e. The lowest BCUT2D eigenvalue weighted by Gasteiger charge is -2.38. The predicted octanol–water partition coefficient (Wildman–Crippen LogP) is 1.96. The van der Waals surface area contributed by atoms with Crippen LogP contribution in [0.15, 0.2) is 30.3 Å². The molecule has 1 fully saturated rings. The summed E-state index contributed by atoms with van der Waals surface area (Å²) in [7, 11) is 2.15. The minimum Gasteiger partial charge on any atom is -0.350 e. The normalized spacial score (nSPS) is 23.0. The van der Waals surface area contributed by atoms with E-state index in [0.29, 0.717) is 6.04 Å². The summed E-state index contributed by atoms with van der Waals surface area (Å²) in [5.74, 6) is 0. The monoisotopic (exact) mass is 232 g/mol. The number of rotatable bonds is 4. The van der Waals surface area contributed by atoms with Gasteiger partial charge in [-0.1, -0.05) is 36.8 Å². The molecular weight excluding hydrogens is 212 g/mol. The molecule has 0 saturated carbocycles. The van der Waals surface area contributed by atoms with Crippen LogP contribution in [0.1, 0.15) is 30.9 Å². The van der Waals surface area contributed by atoms with Gasteiger partial charge in [0, 0.05) is 6.04 Å². The summed E-state index contributed by atoms with van der Waals surface area (Å²) in [5.41, 5.74) is 1.19. The number of nitrogens with zero attached hydrogens (tertiary/aromatic N) is 1. The highest BCUT2D eigenvalue weighted by Crippen LogP contribution is 2.27. The van der Waals surface area contributed by atoms with E-state index in [0.717, 1.165) is 19.4 Å². The van der Waals surface area contributed by atoms with Crippen molar-refractivity contribution >= 4 is 6.41 Å². The van der Waals surface area contributed by atoms with Crippen molar-refractivity contribution in [2.75, 3.05) is 13.6 Å². The molecule has 0 bridgehead atoms. The van der Waals surface area contributed by atoms with Crippen LogP contribution in [0.5, 0.6) is 0 Å². The van der Waals surface area contributed by atoms with Crippen LogP contribution in [-0.4, -0.2) is 30.9 Å². The molecule has 2 atom stereocenters. The molecule has 0 radical (unpaired) electrons. The first-order valence-corrected chi connectivity index (χ1v) is 6.28. The minimum absolute atomic E-state index is 0.110. The van der Waals surface area contributed by atoms with Crippen LogP contribution in [0.2, 0.25) is 0 Å². The third-order valence-corrected chi connectivity index (χ3v) is 3.62. The number of likely N-dealkylation sites (N-methyl/N-ethyl adjacent to an activating group) is 1. The fourth-order valence-electron chi connectivity index (χ4n) is 2.69. The van der Waals surface area contributed by atoms with Gasteiger partial charge in [-0.05, 0) is 32.0 Å². The van der Waals surface area contributed by atoms with Gasteiger partial charge < -0.3 is 10.2 Å². The first-order chi connectivity index (χ1) is 8.33. The van der Waals surface area contributed by atoms with E-state index in [1.165, 1.54) is 18.4 Å². The van der Waals surface area contributed by atoms with E-state index in [-0.39, 0.29) is 6.04 Å². The van der Waals surface area contributed by atoms with E-state index >= 15 is 0 Å². The standard InChI is InChI=1S/C14H20N2O/c1-16-10-6-5-9-13(16)14(15-11-17)12-7-3-2-4-8-12/h2-4,7-8,11,13-14H,5-6,9-10H2,1H3,(H,15,17). The number of benzene rings is 1. The predicted molar refractivity (Wildman–Crippen MR) is 68.7 cm³/mol. The Morgan fingerprint density at radius 3 is 2.76 bits per heavy atom. The van der Waals surface area contributed by atoms with Crippen LogP contribution in [-0.2, 0) is 4.79 Å². The second-order valence-corrected chi connectivity index (χ2v) is 4.72. The van der Waals surface area contributed by atoms with Crippen molar-refractivity contribution < 1.29 is 4.79 Å². The molecule has 1 N–H and O–H groups in total. The van der Waals surface area contributed by atoms with E-state index in [1.807, 2.05) is 18.2 Å². The molecule has 1 aliphatic rings. The number of hydrogen-bond acceptors (Lipinski definition) is 2. The van der Waals surface area contributed by atoms with Gasteiger partial charge in [-0.25, -0.2) is 0 Å². The summed E-state index contributed by atoms with van der Waals surface area (Å²) in [5, 5.41) is 2.98. The van der Waals surface area contributed by atoms with Gasteiger partial charge >= 0.3 is 0 Å². The van der Waals surface area contributed by atoms with Crippen LogP contribution in [0.4, 0.5) is 0 Å². The number of carbonyl (C=O) groups is 1. The van der Waals surface area contributed by atoms with Gasteiger partial charge in [-0.2, -0.15) is 0 Å². The third kappa shape index (κ3) is 2.86. The average Bonchev–Trinajstić information content (AvgIpc) is 2.38. The fourth-order valence-corrected chi connectivity index (χ4v) is 2.69. The van der Waals surface area contributed by atoms with Crippen molar-refractivity contribution in [1.29, 1.82) is 0 Å². The molecule has 3 nitrogen and oxygen atoms in total. The maximum atomic E-state index is 10.8. The third-order valence-electron chi connectivity index (χ3n) is 3.62. The number of amides is 1. The molecular formula is C14H20N2O. The molecule has 0 aliphatic carbocycles. The number of nitrogens with one attached hydrogen (secondary N) is 1. The van der Waals surface area contributed by atoms with Crippen LogP contribution in [0, 0.1) is 0 Å². The van der Waals surface area contributed by atoms with E-state index < -0.39 is 0 Å². The second kappa shape index (κ2) is 5.82. The van der Waals surface area contributed by atoms with E-state index in [4.69, 9.17) is 0 Å². The number of carbonyl (C=O) groups excluding carboxylic acids is 1.